The summed E-state index contributed by atoms with van der Waals surface area (Å²) in [7, 11) is 0. The van der Waals surface area contributed by atoms with Crippen LogP contribution in [-0.2, 0) is 0 Å². The zero-order valence-electron chi connectivity index (χ0n) is 10.6. The van der Waals surface area contributed by atoms with Gasteiger partial charge in [-0.25, -0.2) is 0 Å². The molecule has 0 amide bonds. The van der Waals surface area contributed by atoms with E-state index in [1.807, 2.05) is 6.07 Å². The molecule has 0 saturated carbocycles. The van der Waals surface area contributed by atoms with Crippen LogP contribution in [0.4, 0.5) is 5.69 Å². The Bertz CT molecular complexity index is 351. The van der Waals surface area contributed by atoms with Crippen molar-refractivity contribution >= 4 is 5.69 Å². The molecule has 4 nitrogen and oxygen atoms in total. The summed E-state index contributed by atoms with van der Waals surface area (Å²) in [4.78, 5) is 2.14. The standard InChI is InChI=1S/C13H22N2O2/c1-3-15(4-2)10-5-6-11(13(17)9-10)12(16)7-8-14/h5-6,9,12,16-17H,3-4,7-8,14H2,1-2H3/t12-/m0/s1. The summed E-state index contributed by atoms with van der Waals surface area (Å²) in [6, 6.07) is 5.38. The average Bonchev–Trinajstić information content (AvgIpc) is 2.31. The molecule has 0 saturated heterocycles. The molecule has 0 aliphatic heterocycles. The Morgan fingerprint density at radius 1 is 1.29 bits per heavy atom. The number of rotatable bonds is 6. The van der Waals surface area contributed by atoms with Crippen molar-refractivity contribution < 1.29 is 10.2 Å². The molecule has 4 heteroatoms. The molecule has 1 rings (SSSR count). The van der Waals surface area contributed by atoms with Gasteiger partial charge in [-0.15, -0.1) is 0 Å². The molecule has 1 aromatic carbocycles. The maximum atomic E-state index is 9.90. The van der Waals surface area contributed by atoms with Crippen LogP contribution in [0, 0.1) is 0 Å². The SMILES string of the molecule is CCN(CC)c1ccc([C@@H](O)CCN)c(O)c1. The minimum atomic E-state index is -0.689. The predicted molar refractivity (Wildman–Crippen MR) is 70.3 cm³/mol. The second-order valence-electron chi connectivity index (χ2n) is 4.01. The number of nitrogens with zero attached hydrogens (tertiary/aromatic N) is 1. The maximum Gasteiger partial charge on any atom is 0.123 e. The van der Waals surface area contributed by atoms with Gasteiger partial charge < -0.3 is 20.8 Å². The number of aliphatic hydroxyl groups is 1. The Morgan fingerprint density at radius 3 is 2.41 bits per heavy atom. The lowest BCUT2D eigenvalue weighted by Gasteiger charge is -2.22. The molecule has 0 aliphatic carbocycles. The molecule has 1 atom stereocenters. The molecule has 0 fully saturated rings. The fraction of sp³-hybridized carbons (Fsp3) is 0.538. The highest BCUT2D eigenvalue weighted by atomic mass is 16.3. The van der Waals surface area contributed by atoms with Crippen molar-refractivity contribution in [2.45, 2.75) is 26.4 Å². The van der Waals surface area contributed by atoms with Gasteiger partial charge in [-0.3, -0.25) is 0 Å². The van der Waals surface area contributed by atoms with Crippen molar-refractivity contribution in [2.24, 2.45) is 5.73 Å². The third kappa shape index (κ3) is 3.35. The number of aliphatic hydroxyl groups excluding tert-OH is 1. The molecule has 0 aliphatic rings. The molecule has 0 heterocycles. The quantitative estimate of drug-likeness (QED) is 0.704. The topological polar surface area (TPSA) is 69.7 Å². The Balaban J connectivity index is 2.92. The molecule has 0 unspecified atom stereocenters. The molecule has 1 aromatic rings. The van der Waals surface area contributed by atoms with E-state index in [1.54, 1.807) is 12.1 Å². The van der Waals surface area contributed by atoms with Gasteiger partial charge in [-0.1, -0.05) is 6.07 Å². The van der Waals surface area contributed by atoms with Crippen molar-refractivity contribution in [1.29, 1.82) is 0 Å². The van der Waals surface area contributed by atoms with E-state index in [-0.39, 0.29) is 5.75 Å². The number of anilines is 1. The molecule has 96 valence electrons. The zero-order chi connectivity index (χ0) is 12.8. The van der Waals surface area contributed by atoms with Gasteiger partial charge in [-0.2, -0.15) is 0 Å². The van der Waals surface area contributed by atoms with E-state index in [0.717, 1.165) is 18.8 Å². The number of hydrogen-bond donors (Lipinski definition) is 3. The molecule has 0 bridgehead atoms. The monoisotopic (exact) mass is 238 g/mol. The fourth-order valence-corrected chi connectivity index (χ4v) is 1.91. The largest absolute Gasteiger partial charge is 0.507 e. The van der Waals surface area contributed by atoms with E-state index in [4.69, 9.17) is 5.73 Å². The van der Waals surface area contributed by atoms with Crippen LogP contribution in [0.5, 0.6) is 5.75 Å². The van der Waals surface area contributed by atoms with Crippen molar-refractivity contribution in [3.8, 4) is 5.75 Å². The Morgan fingerprint density at radius 2 is 1.94 bits per heavy atom. The van der Waals surface area contributed by atoms with E-state index >= 15 is 0 Å². The van der Waals surface area contributed by atoms with E-state index in [1.165, 1.54) is 0 Å². The average molecular weight is 238 g/mol. The first-order chi connectivity index (χ1) is 8.13. The molecule has 4 N–H and O–H groups in total. The van der Waals surface area contributed by atoms with Gasteiger partial charge in [0.25, 0.3) is 0 Å². The van der Waals surface area contributed by atoms with Crippen LogP contribution >= 0.6 is 0 Å². The van der Waals surface area contributed by atoms with E-state index < -0.39 is 6.10 Å². The molecule has 0 spiro atoms. The van der Waals surface area contributed by atoms with Gasteiger partial charge in [0.15, 0.2) is 0 Å². The molecule has 0 radical (unpaired) electrons. The first-order valence-electron chi connectivity index (χ1n) is 6.10. The highest BCUT2D eigenvalue weighted by Gasteiger charge is 2.13. The van der Waals surface area contributed by atoms with Crippen LogP contribution in [0.1, 0.15) is 31.9 Å². The van der Waals surface area contributed by atoms with Crippen molar-refractivity contribution in [1.82, 2.24) is 0 Å². The summed E-state index contributed by atoms with van der Waals surface area (Å²) < 4.78 is 0. The Kier molecular flexibility index (Phi) is 5.25. The summed E-state index contributed by atoms with van der Waals surface area (Å²) in [6.45, 7) is 6.31. The highest BCUT2D eigenvalue weighted by molar-refractivity contribution is 5.53. The highest BCUT2D eigenvalue weighted by Crippen LogP contribution is 2.30. The van der Waals surface area contributed by atoms with Crippen LogP contribution in [0.25, 0.3) is 0 Å². The maximum absolute atomic E-state index is 9.90. The van der Waals surface area contributed by atoms with Crippen molar-refractivity contribution in [3.05, 3.63) is 23.8 Å². The molecule has 17 heavy (non-hydrogen) atoms. The lowest BCUT2D eigenvalue weighted by atomic mass is 10.0. The zero-order valence-corrected chi connectivity index (χ0v) is 10.6. The van der Waals surface area contributed by atoms with Crippen molar-refractivity contribution in [3.63, 3.8) is 0 Å². The summed E-state index contributed by atoms with van der Waals surface area (Å²) in [5.74, 6) is 0.135. The van der Waals surface area contributed by atoms with E-state index in [2.05, 4.69) is 18.7 Å². The minimum absolute atomic E-state index is 0.135. The van der Waals surface area contributed by atoms with Gasteiger partial charge in [-0.05, 0) is 32.9 Å². The van der Waals surface area contributed by atoms with Gasteiger partial charge >= 0.3 is 0 Å². The number of phenols is 1. The van der Waals surface area contributed by atoms with Crippen molar-refractivity contribution in [2.75, 3.05) is 24.5 Å². The van der Waals surface area contributed by atoms with Crippen LogP contribution in [0.2, 0.25) is 0 Å². The van der Waals surface area contributed by atoms with Gasteiger partial charge in [0.05, 0.1) is 6.10 Å². The Labute approximate surface area is 103 Å². The fourth-order valence-electron chi connectivity index (χ4n) is 1.91. The van der Waals surface area contributed by atoms with Gasteiger partial charge in [0.1, 0.15) is 5.75 Å². The summed E-state index contributed by atoms with van der Waals surface area (Å²) in [5.41, 5.74) is 6.90. The number of aromatic hydroxyl groups is 1. The molecular formula is C13H22N2O2. The number of hydrogen-bond acceptors (Lipinski definition) is 4. The number of phenolic OH excluding ortho intramolecular Hbond substituents is 1. The second-order valence-corrected chi connectivity index (χ2v) is 4.01. The van der Waals surface area contributed by atoms with Crippen LogP contribution < -0.4 is 10.6 Å². The van der Waals surface area contributed by atoms with E-state index in [9.17, 15) is 10.2 Å². The third-order valence-corrected chi connectivity index (χ3v) is 2.94. The number of nitrogens with two attached hydrogens (primary N) is 1. The first-order valence-corrected chi connectivity index (χ1v) is 6.10. The summed E-state index contributed by atoms with van der Waals surface area (Å²) in [5, 5.41) is 19.7. The lowest BCUT2D eigenvalue weighted by Crippen LogP contribution is -2.21. The van der Waals surface area contributed by atoms with Crippen LogP contribution in [0.3, 0.4) is 0 Å². The predicted octanol–water partition coefficient (Wildman–Crippen LogP) is 1.62. The summed E-state index contributed by atoms with van der Waals surface area (Å²) in [6.07, 6.45) is -0.233. The van der Waals surface area contributed by atoms with Crippen LogP contribution in [-0.4, -0.2) is 29.8 Å². The molecule has 0 aromatic heterocycles. The number of benzene rings is 1. The normalized spacial score (nSPS) is 12.5. The smallest absolute Gasteiger partial charge is 0.123 e. The summed E-state index contributed by atoms with van der Waals surface area (Å²) >= 11 is 0. The molecular weight excluding hydrogens is 216 g/mol. The lowest BCUT2D eigenvalue weighted by molar-refractivity contribution is 0.166. The van der Waals surface area contributed by atoms with E-state index in [0.29, 0.717) is 18.5 Å². The van der Waals surface area contributed by atoms with Gasteiger partial charge in [0.2, 0.25) is 0 Å². The first kappa shape index (κ1) is 13.8. The third-order valence-electron chi connectivity index (χ3n) is 2.94. The van der Waals surface area contributed by atoms with Gasteiger partial charge in [0, 0.05) is 30.4 Å². The van der Waals surface area contributed by atoms with Crippen LogP contribution in [0.15, 0.2) is 18.2 Å². The minimum Gasteiger partial charge on any atom is -0.507 e. The Hall–Kier alpha value is -1.26. The second kappa shape index (κ2) is 6.47.